The summed E-state index contributed by atoms with van der Waals surface area (Å²) in [5, 5.41) is 20.6. The Morgan fingerprint density at radius 3 is 2.46 bits per heavy atom. The zero-order valence-corrected chi connectivity index (χ0v) is 14.3. The number of para-hydroxylation sites is 1. The number of benzene rings is 1. The van der Waals surface area contributed by atoms with Gasteiger partial charge in [0.2, 0.25) is 0 Å². The van der Waals surface area contributed by atoms with Crippen LogP contribution in [0.5, 0.6) is 0 Å². The van der Waals surface area contributed by atoms with Crippen LogP contribution in [0.25, 0.3) is 0 Å². The van der Waals surface area contributed by atoms with E-state index in [0.29, 0.717) is 0 Å². The van der Waals surface area contributed by atoms with Gasteiger partial charge in [-0.2, -0.15) is 0 Å². The summed E-state index contributed by atoms with van der Waals surface area (Å²) in [4.78, 5) is 23.9. The Bertz CT molecular complexity index is 754. The summed E-state index contributed by atoms with van der Waals surface area (Å²) in [6.07, 6.45) is 2.70. The molecule has 128 valence electrons. The summed E-state index contributed by atoms with van der Waals surface area (Å²) in [5.74, 6) is -0.379. The van der Waals surface area contributed by atoms with Gasteiger partial charge in [0.15, 0.2) is 0 Å². The van der Waals surface area contributed by atoms with E-state index in [1.165, 1.54) is 49.6 Å². The van der Waals surface area contributed by atoms with E-state index in [2.05, 4.69) is 14.2 Å². The van der Waals surface area contributed by atoms with Crippen molar-refractivity contribution in [3.05, 3.63) is 58.9 Å². The van der Waals surface area contributed by atoms with Crippen molar-refractivity contribution < 1.29 is 26.7 Å². The molecule has 0 aliphatic carbocycles. The fourth-order valence-corrected chi connectivity index (χ4v) is 3.19. The summed E-state index contributed by atoms with van der Waals surface area (Å²) >= 11 is -4.92. The zero-order chi connectivity index (χ0) is 18.2. The van der Waals surface area contributed by atoms with Gasteiger partial charge in [-0.25, -0.2) is 0 Å². The van der Waals surface area contributed by atoms with E-state index in [4.69, 9.17) is 5.26 Å². The molecule has 1 unspecified atom stereocenters. The molecule has 0 saturated heterocycles. The fraction of sp³-hybridized carbons (Fsp3) is 0.0769. The van der Waals surface area contributed by atoms with Crippen molar-refractivity contribution in [1.82, 2.24) is 4.98 Å². The van der Waals surface area contributed by atoms with Gasteiger partial charge in [0.25, 0.3) is 5.69 Å². The molecule has 10 nitrogen and oxygen atoms in total. The van der Waals surface area contributed by atoms with Crippen LogP contribution in [0.15, 0.2) is 48.8 Å². The molecule has 1 amide bonds. The standard InChI is InChI=1S/C8H10AsNO5.C5H4N2O2/c1-6(11)10-8-5-3-2-4-7(8)9(12,13)15-14;8-7(9)5-2-1-3-6-4-5/h2-5,14H,1H3,(H,10,11)(H,12,13);1-4H. The van der Waals surface area contributed by atoms with Crippen molar-refractivity contribution in [3.8, 4) is 0 Å². The van der Waals surface area contributed by atoms with Gasteiger partial charge in [-0.1, -0.05) is 0 Å². The van der Waals surface area contributed by atoms with Crippen LogP contribution in [-0.4, -0.2) is 39.3 Å². The van der Waals surface area contributed by atoms with Crippen molar-refractivity contribution in [2.75, 3.05) is 5.32 Å². The summed E-state index contributed by atoms with van der Waals surface area (Å²) < 4.78 is 24.1. The summed E-state index contributed by atoms with van der Waals surface area (Å²) in [5.41, 5.74) is 0.182. The van der Waals surface area contributed by atoms with Crippen LogP contribution >= 0.6 is 0 Å². The molecule has 0 aliphatic rings. The first-order valence-electron chi connectivity index (χ1n) is 6.35. The first-order valence-corrected chi connectivity index (χ1v) is 9.66. The van der Waals surface area contributed by atoms with E-state index < -0.39 is 19.1 Å². The quantitative estimate of drug-likeness (QED) is 0.294. The Hall–Kier alpha value is -2.52. The van der Waals surface area contributed by atoms with E-state index in [1.54, 1.807) is 6.07 Å². The maximum absolute atomic E-state index is 11.4. The molecule has 1 heterocycles. The van der Waals surface area contributed by atoms with Crippen molar-refractivity contribution >= 4 is 35.8 Å². The molecule has 3 N–H and O–H groups in total. The van der Waals surface area contributed by atoms with E-state index in [1.807, 2.05) is 0 Å². The average Bonchev–Trinajstić information content (AvgIpc) is 2.56. The minimum atomic E-state index is -4.92. The summed E-state index contributed by atoms with van der Waals surface area (Å²) in [7, 11) is 0. The summed E-state index contributed by atoms with van der Waals surface area (Å²) in [6, 6.07) is 8.76. The normalized spacial score (nSPS) is 12.3. The number of carbonyl (C=O) groups is 1. The van der Waals surface area contributed by atoms with Gasteiger partial charge < -0.3 is 0 Å². The number of carbonyl (C=O) groups excluding carboxylic acids is 1. The number of hydrogen-bond acceptors (Lipinski definition) is 7. The molecular weight excluding hydrogens is 385 g/mol. The second-order valence-corrected chi connectivity index (χ2v) is 7.81. The molecule has 0 aliphatic heterocycles. The number of hydrogen-bond donors (Lipinski definition) is 3. The third-order valence-corrected chi connectivity index (χ3v) is 5.05. The number of nitro groups is 1. The number of nitrogens with zero attached hydrogens (tertiary/aromatic N) is 2. The van der Waals surface area contributed by atoms with Crippen LogP contribution in [0.2, 0.25) is 0 Å². The van der Waals surface area contributed by atoms with E-state index in [-0.39, 0.29) is 21.6 Å². The number of rotatable bonds is 4. The molecule has 2 rings (SSSR count). The fourth-order valence-electron chi connectivity index (χ4n) is 1.52. The Morgan fingerprint density at radius 2 is 2.00 bits per heavy atom. The number of aromatic nitrogens is 1. The van der Waals surface area contributed by atoms with Crippen LogP contribution < -0.4 is 9.67 Å². The van der Waals surface area contributed by atoms with E-state index in [9.17, 15) is 22.7 Å². The molecule has 1 aromatic heterocycles. The molecule has 0 fully saturated rings. The monoisotopic (exact) mass is 399 g/mol. The average molecular weight is 399 g/mol. The molecule has 0 spiro atoms. The van der Waals surface area contributed by atoms with Crippen LogP contribution in [0.3, 0.4) is 0 Å². The second kappa shape index (κ2) is 8.94. The number of nitrogens with one attached hydrogen (secondary N) is 1. The van der Waals surface area contributed by atoms with Gasteiger partial charge in [0, 0.05) is 12.3 Å². The van der Waals surface area contributed by atoms with Gasteiger partial charge in [-0.15, -0.1) is 0 Å². The third-order valence-electron chi connectivity index (χ3n) is 2.49. The molecule has 2 aromatic rings. The van der Waals surface area contributed by atoms with Crippen LogP contribution in [-0.2, 0) is 12.4 Å². The largest absolute Gasteiger partial charge is 0.287 e. The van der Waals surface area contributed by atoms with Crippen LogP contribution in [0, 0.1) is 10.1 Å². The molecule has 1 atom stereocenters. The van der Waals surface area contributed by atoms with Crippen LogP contribution in [0.1, 0.15) is 6.92 Å². The maximum Gasteiger partial charge on any atom is 0.287 e. The van der Waals surface area contributed by atoms with Gasteiger partial charge in [0.05, 0.1) is 4.92 Å². The molecule has 0 bridgehead atoms. The smallest absolute Gasteiger partial charge is 0.258 e. The Kier molecular flexibility index (Phi) is 7.27. The Balaban J connectivity index is 0.000000272. The molecule has 0 radical (unpaired) electrons. The zero-order valence-electron chi connectivity index (χ0n) is 12.4. The van der Waals surface area contributed by atoms with E-state index >= 15 is 0 Å². The predicted molar refractivity (Wildman–Crippen MR) is 83.6 cm³/mol. The molecular formula is C13H14AsN3O7. The van der Waals surface area contributed by atoms with E-state index in [0.717, 1.165) is 0 Å². The topological polar surface area (TPSA) is 152 Å². The number of anilines is 1. The maximum atomic E-state index is 11.4. The first-order chi connectivity index (χ1) is 11.3. The van der Waals surface area contributed by atoms with Crippen LogP contribution in [0.4, 0.5) is 11.4 Å². The molecule has 24 heavy (non-hydrogen) atoms. The van der Waals surface area contributed by atoms with Gasteiger partial charge >= 0.3 is 88.4 Å². The third kappa shape index (κ3) is 5.93. The SMILES string of the molecule is CC(=O)Nc1ccccc1[As](=O)(O)OO.O=[N+]([O-])c1cccnc1. The second-order valence-electron chi connectivity index (χ2n) is 4.27. The molecule has 0 saturated carbocycles. The van der Waals surface area contributed by atoms with Crippen molar-refractivity contribution in [2.24, 2.45) is 0 Å². The minimum absolute atomic E-state index is 0.0255. The van der Waals surface area contributed by atoms with Gasteiger partial charge in [0.1, 0.15) is 6.20 Å². The first kappa shape index (κ1) is 19.5. The minimum Gasteiger partial charge on any atom is -0.258 e. The molecule has 1 aromatic carbocycles. The van der Waals surface area contributed by atoms with Crippen molar-refractivity contribution in [3.63, 3.8) is 0 Å². The molecule has 11 heteroatoms. The Labute approximate surface area is 139 Å². The predicted octanol–water partition coefficient (Wildman–Crippen LogP) is 0.693. The van der Waals surface area contributed by atoms with Crippen molar-refractivity contribution in [2.45, 2.75) is 6.92 Å². The number of amides is 1. The van der Waals surface area contributed by atoms with Crippen molar-refractivity contribution in [1.29, 1.82) is 0 Å². The summed E-state index contributed by atoms with van der Waals surface area (Å²) in [6.45, 7) is 1.27. The van der Waals surface area contributed by atoms with Gasteiger partial charge in [-0.05, 0) is 6.07 Å². The van der Waals surface area contributed by atoms with Gasteiger partial charge in [-0.3, -0.25) is 15.1 Å². The number of pyridine rings is 1. The Morgan fingerprint density at radius 1 is 1.33 bits per heavy atom.